The zero-order valence-electron chi connectivity index (χ0n) is 35.4. The van der Waals surface area contributed by atoms with E-state index in [1.165, 1.54) is 135 Å². The van der Waals surface area contributed by atoms with Gasteiger partial charge in [-0.2, -0.15) is 0 Å². The number of allylic oxidation sites excluding steroid dienone is 4. The Kier molecular flexibility index (Phi) is 35.9. The second kappa shape index (κ2) is 38.2. The average Bonchev–Trinajstić information content (AvgIpc) is 3.18. The molecule has 1 heterocycles. The molecule has 0 saturated carbocycles. The van der Waals surface area contributed by atoms with E-state index in [2.05, 4.69) is 38.2 Å². The quantitative estimate of drug-likeness (QED) is 0.0273. The summed E-state index contributed by atoms with van der Waals surface area (Å²) in [6.07, 6.45) is 36.2. The van der Waals surface area contributed by atoms with Crippen molar-refractivity contribution >= 4 is 5.97 Å². The molecule has 1 aliphatic heterocycles. The second-order valence-electron chi connectivity index (χ2n) is 15.9. The fourth-order valence-corrected chi connectivity index (χ4v) is 6.99. The summed E-state index contributed by atoms with van der Waals surface area (Å²) in [6, 6.07) is 0. The molecule has 0 radical (unpaired) electrons. The second-order valence-corrected chi connectivity index (χ2v) is 15.9. The van der Waals surface area contributed by atoms with Crippen LogP contribution in [0.3, 0.4) is 0 Å². The molecule has 1 rings (SSSR count). The van der Waals surface area contributed by atoms with E-state index in [0.29, 0.717) is 13.0 Å². The van der Waals surface area contributed by atoms with Crippen molar-refractivity contribution in [3.05, 3.63) is 24.3 Å². The zero-order chi connectivity index (χ0) is 40.0. The van der Waals surface area contributed by atoms with Crippen LogP contribution in [0.5, 0.6) is 0 Å². The first-order chi connectivity index (χ1) is 26.9. The zero-order valence-corrected chi connectivity index (χ0v) is 35.4. The van der Waals surface area contributed by atoms with Crippen LogP contribution in [0, 0.1) is 0 Å². The first kappa shape index (κ1) is 51.7. The molecule has 0 spiro atoms. The van der Waals surface area contributed by atoms with E-state index in [-0.39, 0.29) is 19.2 Å². The number of unbranched alkanes of at least 4 members (excludes halogenated alkanes) is 24. The van der Waals surface area contributed by atoms with Crippen LogP contribution in [0.1, 0.15) is 200 Å². The van der Waals surface area contributed by atoms with E-state index in [1.807, 2.05) is 0 Å². The van der Waals surface area contributed by atoms with Gasteiger partial charge in [-0.25, -0.2) is 0 Å². The standard InChI is InChI=1S/C46H86O9/c1-3-5-7-9-11-13-15-17-19-20-21-23-25-27-29-31-33-35-42(48)54-40(39-53-46-45(51)44(50)43(49)41(37-47)55-46)38-52-36-34-32-30-28-26-24-22-18-16-14-12-10-8-6-4-2/h11,13,17,19,40-41,43-47,49-51H,3-10,12,14-16,18,20-39H2,1-2H3/b13-11-,19-17-. The molecule has 0 aromatic carbocycles. The Labute approximate surface area is 337 Å². The lowest BCUT2D eigenvalue weighted by Crippen LogP contribution is -2.59. The van der Waals surface area contributed by atoms with E-state index in [9.17, 15) is 25.2 Å². The molecule has 9 heteroatoms. The summed E-state index contributed by atoms with van der Waals surface area (Å²) in [5.41, 5.74) is 0. The van der Waals surface area contributed by atoms with Gasteiger partial charge in [-0.3, -0.25) is 4.79 Å². The molecule has 0 aliphatic carbocycles. The molecule has 1 aliphatic rings. The summed E-state index contributed by atoms with van der Waals surface area (Å²) < 4.78 is 22.8. The molecular weight excluding hydrogens is 696 g/mol. The molecule has 9 nitrogen and oxygen atoms in total. The summed E-state index contributed by atoms with van der Waals surface area (Å²) in [4.78, 5) is 12.8. The predicted molar refractivity (Wildman–Crippen MR) is 224 cm³/mol. The van der Waals surface area contributed by atoms with Gasteiger partial charge in [0.2, 0.25) is 0 Å². The molecule has 6 atom stereocenters. The van der Waals surface area contributed by atoms with Gasteiger partial charge < -0.3 is 39.4 Å². The summed E-state index contributed by atoms with van der Waals surface area (Å²) in [6.45, 7) is 4.55. The van der Waals surface area contributed by atoms with Gasteiger partial charge >= 0.3 is 5.97 Å². The first-order valence-electron chi connectivity index (χ1n) is 22.9. The number of esters is 1. The Morgan fingerprint density at radius 3 is 1.60 bits per heavy atom. The van der Waals surface area contributed by atoms with Crippen molar-refractivity contribution in [3.63, 3.8) is 0 Å². The van der Waals surface area contributed by atoms with Gasteiger partial charge in [-0.15, -0.1) is 0 Å². The van der Waals surface area contributed by atoms with Gasteiger partial charge in [0.25, 0.3) is 0 Å². The van der Waals surface area contributed by atoms with Gasteiger partial charge in [0.05, 0.1) is 19.8 Å². The molecular formula is C46H86O9. The number of aliphatic hydroxyl groups is 4. The number of aliphatic hydroxyl groups excluding tert-OH is 4. The van der Waals surface area contributed by atoms with Crippen LogP contribution in [-0.2, 0) is 23.7 Å². The lowest BCUT2D eigenvalue weighted by atomic mass is 9.99. The molecule has 4 N–H and O–H groups in total. The van der Waals surface area contributed by atoms with Crippen molar-refractivity contribution in [2.24, 2.45) is 0 Å². The van der Waals surface area contributed by atoms with E-state index in [1.54, 1.807) is 0 Å². The van der Waals surface area contributed by atoms with E-state index in [0.717, 1.165) is 44.9 Å². The topological polar surface area (TPSA) is 135 Å². The third kappa shape index (κ3) is 29.5. The number of carbonyl (C=O) groups is 1. The lowest BCUT2D eigenvalue weighted by Gasteiger charge is -2.39. The summed E-state index contributed by atoms with van der Waals surface area (Å²) in [7, 11) is 0. The van der Waals surface area contributed by atoms with Gasteiger partial charge in [-0.1, -0.05) is 173 Å². The van der Waals surface area contributed by atoms with Gasteiger partial charge in [0.15, 0.2) is 6.29 Å². The van der Waals surface area contributed by atoms with Crippen LogP contribution < -0.4 is 0 Å². The largest absolute Gasteiger partial charge is 0.457 e. The fourth-order valence-electron chi connectivity index (χ4n) is 6.99. The van der Waals surface area contributed by atoms with Crippen molar-refractivity contribution in [1.29, 1.82) is 0 Å². The summed E-state index contributed by atoms with van der Waals surface area (Å²) in [5, 5.41) is 40.1. The maximum absolute atomic E-state index is 12.8. The molecule has 0 aromatic rings. The van der Waals surface area contributed by atoms with Crippen molar-refractivity contribution in [2.45, 2.75) is 237 Å². The van der Waals surface area contributed by atoms with Crippen LogP contribution in [0.25, 0.3) is 0 Å². The van der Waals surface area contributed by atoms with Gasteiger partial charge in [-0.05, 0) is 44.9 Å². The van der Waals surface area contributed by atoms with Crippen molar-refractivity contribution < 1.29 is 44.2 Å². The minimum Gasteiger partial charge on any atom is -0.457 e. The normalized spacial score (nSPS) is 20.9. The van der Waals surface area contributed by atoms with Crippen molar-refractivity contribution in [3.8, 4) is 0 Å². The SMILES string of the molecule is CCCCC/C=C\C/C=C\CCCCCCCCCC(=O)OC(COCCCCCCCCCCCCCCCCC)COC1OC(CO)C(O)C(O)C1O. The number of rotatable bonds is 39. The predicted octanol–water partition coefficient (Wildman–Crippen LogP) is 10.2. The van der Waals surface area contributed by atoms with Crippen LogP contribution >= 0.6 is 0 Å². The molecule has 0 aromatic heterocycles. The minimum absolute atomic E-state index is 0.113. The van der Waals surface area contributed by atoms with Gasteiger partial charge in [0.1, 0.15) is 30.5 Å². The van der Waals surface area contributed by atoms with Crippen LogP contribution in [-0.4, -0.2) is 89.6 Å². The number of hydrogen-bond acceptors (Lipinski definition) is 9. The first-order valence-corrected chi connectivity index (χ1v) is 22.9. The monoisotopic (exact) mass is 783 g/mol. The molecule has 0 bridgehead atoms. The highest BCUT2D eigenvalue weighted by Crippen LogP contribution is 2.22. The fraction of sp³-hybridized carbons (Fsp3) is 0.891. The highest BCUT2D eigenvalue weighted by molar-refractivity contribution is 5.69. The molecule has 6 unspecified atom stereocenters. The Bertz CT molecular complexity index is 895. The Hall–Kier alpha value is -1.33. The molecule has 324 valence electrons. The molecule has 55 heavy (non-hydrogen) atoms. The molecule has 1 fully saturated rings. The van der Waals surface area contributed by atoms with E-state index < -0.39 is 43.4 Å². The van der Waals surface area contributed by atoms with Gasteiger partial charge in [0, 0.05) is 13.0 Å². The lowest BCUT2D eigenvalue weighted by molar-refractivity contribution is -0.305. The van der Waals surface area contributed by atoms with Crippen LogP contribution in [0.2, 0.25) is 0 Å². The Morgan fingerprint density at radius 2 is 1.05 bits per heavy atom. The third-order valence-electron chi connectivity index (χ3n) is 10.6. The van der Waals surface area contributed by atoms with Crippen molar-refractivity contribution in [1.82, 2.24) is 0 Å². The summed E-state index contributed by atoms with van der Waals surface area (Å²) >= 11 is 0. The maximum Gasteiger partial charge on any atom is 0.306 e. The highest BCUT2D eigenvalue weighted by atomic mass is 16.7. The Morgan fingerprint density at radius 1 is 0.582 bits per heavy atom. The van der Waals surface area contributed by atoms with Crippen LogP contribution in [0.4, 0.5) is 0 Å². The molecule has 1 saturated heterocycles. The summed E-state index contributed by atoms with van der Waals surface area (Å²) in [5.74, 6) is -0.319. The highest BCUT2D eigenvalue weighted by Gasteiger charge is 2.44. The molecule has 0 amide bonds. The number of carbonyl (C=O) groups excluding carboxylic acids is 1. The van der Waals surface area contributed by atoms with E-state index >= 15 is 0 Å². The average molecular weight is 783 g/mol. The number of ether oxygens (including phenoxy) is 4. The van der Waals surface area contributed by atoms with Crippen molar-refractivity contribution in [2.75, 3.05) is 26.4 Å². The van der Waals surface area contributed by atoms with Crippen LogP contribution in [0.15, 0.2) is 24.3 Å². The Balaban J connectivity index is 2.26. The van der Waals surface area contributed by atoms with E-state index in [4.69, 9.17) is 18.9 Å². The number of hydrogen-bond donors (Lipinski definition) is 4. The maximum atomic E-state index is 12.8. The third-order valence-corrected chi connectivity index (χ3v) is 10.6. The minimum atomic E-state index is -1.53. The smallest absolute Gasteiger partial charge is 0.306 e.